The average Bonchev–Trinajstić information content (AvgIpc) is 2.26. The summed E-state index contributed by atoms with van der Waals surface area (Å²) in [5.41, 5.74) is 0.0441. The maximum atomic E-state index is 11.6. The predicted molar refractivity (Wildman–Crippen MR) is 58.8 cm³/mol. The van der Waals surface area contributed by atoms with Gasteiger partial charge in [-0.05, 0) is 24.3 Å². The molecule has 86 valence electrons. The van der Waals surface area contributed by atoms with Gasteiger partial charge in [0.2, 0.25) is 10.0 Å². The van der Waals surface area contributed by atoms with Crippen molar-refractivity contribution >= 4 is 16.0 Å². The van der Waals surface area contributed by atoms with E-state index in [-0.39, 0.29) is 17.0 Å². The lowest BCUT2D eigenvalue weighted by molar-refractivity contribution is 0.0697. The number of carboxylic acids is 1. The third-order valence-electron chi connectivity index (χ3n) is 1.83. The number of hydrogen-bond donors (Lipinski definition) is 2. The molecule has 1 aromatic rings. The van der Waals surface area contributed by atoms with Crippen LogP contribution < -0.4 is 4.72 Å². The first-order valence-corrected chi connectivity index (χ1v) is 5.89. The van der Waals surface area contributed by atoms with Gasteiger partial charge in [-0.15, -0.1) is 6.58 Å². The van der Waals surface area contributed by atoms with E-state index < -0.39 is 16.0 Å². The van der Waals surface area contributed by atoms with Crippen molar-refractivity contribution in [1.82, 2.24) is 4.72 Å². The van der Waals surface area contributed by atoms with E-state index >= 15 is 0 Å². The molecule has 6 heteroatoms. The Balaban J connectivity index is 2.97. The number of sulfonamides is 1. The van der Waals surface area contributed by atoms with Gasteiger partial charge >= 0.3 is 5.97 Å². The van der Waals surface area contributed by atoms with E-state index in [0.717, 1.165) is 0 Å². The molecule has 0 saturated carbocycles. The van der Waals surface area contributed by atoms with Gasteiger partial charge in [0.1, 0.15) is 0 Å². The van der Waals surface area contributed by atoms with Crippen molar-refractivity contribution in [2.24, 2.45) is 0 Å². The Morgan fingerprint density at radius 3 is 2.38 bits per heavy atom. The number of aromatic carboxylic acids is 1. The summed E-state index contributed by atoms with van der Waals surface area (Å²) in [7, 11) is -3.58. The molecule has 1 rings (SSSR count). The van der Waals surface area contributed by atoms with Crippen molar-refractivity contribution in [1.29, 1.82) is 0 Å². The van der Waals surface area contributed by atoms with Crippen molar-refractivity contribution in [3.63, 3.8) is 0 Å². The predicted octanol–water partition coefficient (Wildman–Crippen LogP) is 0.849. The molecule has 0 aliphatic heterocycles. The van der Waals surface area contributed by atoms with E-state index in [0.29, 0.717) is 0 Å². The molecular formula is C10H11NO4S. The van der Waals surface area contributed by atoms with Crippen molar-refractivity contribution in [2.45, 2.75) is 4.90 Å². The quantitative estimate of drug-likeness (QED) is 0.748. The molecule has 2 N–H and O–H groups in total. The highest BCUT2D eigenvalue weighted by atomic mass is 32.2. The summed E-state index contributed by atoms with van der Waals surface area (Å²) in [6.45, 7) is 3.52. The van der Waals surface area contributed by atoms with Crippen LogP contribution in [-0.4, -0.2) is 26.0 Å². The Morgan fingerprint density at radius 2 is 1.94 bits per heavy atom. The van der Waals surface area contributed by atoms with Crippen LogP contribution in [0.25, 0.3) is 0 Å². The Hall–Kier alpha value is -1.66. The maximum absolute atomic E-state index is 11.6. The Morgan fingerprint density at radius 1 is 1.38 bits per heavy atom. The van der Waals surface area contributed by atoms with Crippen molar-refractivity contribution in [2.75, 3.05) is 6.54 Å². The first-order valence-electron chi connectivity index (χ1n) is 4.41. The molecule has 0 bridgehead atoms. The third kappa shape index (κ3) is 2.91. The van der Waals surface area contributed by atoms with Crippen LogP contribution in [0.5, 0.6) is 0 Å². The van der Waals surface area contributed by atoms with E-state index in [2.05, 4.69) is 11.3 Å². The fourth-order valence-electron chi connectivity index (χ4n) is 1.03. The number of nitrogens with one attached hydrogen (secondary N) is 1. The molecule has 0 amide bonds. The molecule has 1 aromatic carbocycles. The first kappa shape index (κ1) is 12.4. The SMILES string of the molecule is C=CCNS(=O)(=O)c1ccc(C(=O)O)cc1. The molecule has 0 aliphatic rings. The topological polar surface area (TPSA) is 83.5 Å². The highest BCUT2D eigenvalue weighted by Gasteiger charge is 2.13. The van der Waals surface area contributed by atoms with Crippen LogP contribution in [0.3, 0.4) is 0 Å². The lowest BCUT2D eigenvalue weighted by Crippen LogP contribution is -2.23. The highest BCUT2D eigenvalue weighted by molar-refractivity contribution is 7.89. The molecule has 0 atom stereocenters. The van der Waals surface area contributed by atoms with Gasteiger partial charge < -0.3 is 5.11 Å². The lowest BCUT2D eigenvalue weighted by Gasteiger charge is -2.04. The standard InChI is InChI=1S/C10H11NO4S/c1-2-7-11-16(14,15)9-5-3-8(4-6-9)10(12)13/h2-6,11H,1,7H2,(H,12,13). The molecule has 0 heterocycles. The molecule has 0 saturated heterocycles. The summed E-state index contributed by atoms with van der Waals surface area (Å²) >= 11 is 0. The normalized spacial score (nSPS) is 11.0. The van der Waals surface area contributed by atoms with Gasteiger partial charge in [0.25, 0.3) is 0 Å². The Labute approximate surface area is 93.5 Å². The first-order chi connectivity index (χ1) is 7.47. The van der Waals surface area contributed by atoms with Crippen LogP contribution in [0.2, 0.25) is 0 Å². The van der Waals surface area contributed by atoms with Gasteiger partial charge in [-0.2, -0.15) is 0 Å². The summed E-state index contributed by atoms with van der Waals surface area (Å²) in [5, 5.41) is 8.64. The van der Waals surface area contributed by atoms with Crippen molar-refractivity contribution < 1.29 is 18.3 Å². The van der Waals surface area contributed by atoms with Crippen molar-refractivity contribution in [3.05, 3.63) is 42.5 Å². The van der Waals surface area contributed by atoms with Crippen LogP contribution in [0.4, 0.5) is 0 Å². The largest absolute Gasteiger partial charge is 0.478 e. The minimum atomic E-state index is -3.58. The molecular weight excluding hydrogens is 230 g/mol. The number of rotatable bonds is 5. The zero-order chi connectivity index (χ0) is 12.2. The molecule has 0 fully saturated rings. The molecule has 0 unspecified atom stereocenters. The van der Waals surface area contributed by atoms with Gasteiger partial charge in [-0.3, -0.25) is 0 Å². The Bertz CT molecular complexity index is 490. The fourth-order valence-corrected chi connectivity index (χ4v) is 2.03. The zero-order valence-electron chi connectivity index (χ0n) is 8.38. The van der Waals surface area contributed by atoms with E-state index in [1.54, 1.807) is 0 Å². The smallest absolute Gasteiger partial charge is 0.335 e. The molecule has 0 radical (unpaired) electrons. The summed E-state index contributed by atoms with van der Waals surface area (Å²) in [6, 6.07) is 4.97. The van der Waals surface area contributed by atoms with Gasteiger partial charge in [0, 0.05) is 6.54 Å². The molecule has 0 aliphatic carbocycles. The zero-order valence-corrected chi connectivity index (χ0v) is 9.20. The van der Waals surface area contributed by atoms with E-state index in [1.807, 2.05) is 0 Å². The lowest BCUT2D eigenvalue weighted by atomic mass is 10.2. The highest BCUT2D eigenvalue weighted by Crippen LogP contribution is 2.10. The van der Waals surface area contributed by atoms with E-state index in [1.165, 1.54) is 30.3 Å². The number of carboxylic acid groups (broad SMARTS) is 1. The molecule has 16 heavy (non-hydrogen) atoms. The van der Waals surface area contributed by atoms with Crippen LogP contribution in [-0.2, 0) is 10.0 Å². The molecule has 0 aromatic heterocycles. The van der Waals surface area contributed by atoms with Crippen LogP contribution in [0.1, 0.15) is 10.4 Å². The summed E-state index contributed by atoms with van der Waals surface area (Å²) in [6.07, 6.45) is 1.42. The summed E-state index contributed by atoms with van der Waals surface area (Å²) in [4.78, 5) is 10.6. The fraction of sp³-hybridized carbons (Fsp3) is 0.100. The molecule has 0 spiro atoms. The van der Waals surface area contributed by atoms with Gasteiger partial charge in [0.05, 0.1) is 10.5 Å². The van der Waals surface area contributed by atoms with E-state index in [9.17, 15) is 13.2 Å². The summed E-state index contributed by atoms with van der Waals surface area (Å²) in [5.74, 6) is -1.09. The third-order valence-corrected chi connectivity index (χ3v) is 3.27. The summed E-state index contributed by atoms with van der Waals surface area (Å²) < 4.78 is 25.4. The van der Waals surface area contributed by atoms with E-state index in [4.69, 9.17) is 5.11 Å². The molecule has 5 nitrogen and oxygen atoms in total. The minimum Gasteiger partial charge on any atom is -0.478 e. The van der Waals surface area contributed by atoms with Crippen LogP contribution in [0.15, 0.2) is 41.8 Å². The van der Waals surface area contributed by atoms with Gasteiger partial charge in [0.15, 0.2) is 0 Å². The second-order valence-corrected chi connectivity index (χ2v) is 4.74. The van der Waals surface area contributed by atoms with Crippen molar-refractivity contribution in [3.8, 4) is 0 Å². The monoisotopic (exact) mass is 241 g/mol. The van der Waals surface area contributed by atoms with Crippen LogP contribution in [0, 0.1) is 0 Å². The van der Waals surface area contributed by atoms with Gasteiger partial charge in [-0.1, -0.05) is 6.08 Å². The minimum absolute atomic E-state index is 0.0272. The second-order valence-electron chi connectivity index (χ2n) is 2.97. The average molecular weight is 241 g/mol. The second kappa shape index (κ2) is 4.91. The number of hydrogen-bond acceptors (Lipinski definition) is 3. The van der Waals surface area contributed by atoms with Crippen LogP contribution >= 0.6 is 0 Å². The van der Waals surface area contributed by atoms with Gasteiger partial charge in [-0.25, -0.2) is 17.9 Å². The number of carbonyl (C=O) groups is 1. The Kier molecular flexibility index (Phi) is 3.81. The maximum Gasteiger partial charge on any atom is 0.335 e. The number of benzene rings is 1.